The third kappa shape index (κ3) is 3.91. The Labute approximate surface area is 123 Å². The van der Waals surface area contributed by atoms with Gasteiger partial charge < -0.3 is 15.0 Å². The maximum atomic E-state index is 5.39. The van der Waals surface area contributed by atoms with Crippen molar-refractivity contribution in [2.75, 3.05) is 30.9 Å². The van der Waals surface area contributed by atoms with Crippen LogP contribution < -0.4 is 10.2 Å². The van der Waals surface area contributed by atoms with Gasteiger partial charge in [0.15, 0.2) is 5.82 Å². The van der Waals surface area contributed by atoms with Gasteiger partial charge in [-0.1, -0.05) is 6.07 Å². The lowest BCUT2D eigenvalue weighted by molar-refractivity contribution is 0.128. The Hall–Kier alpha value is -1.66. The lowest BCUT2D eigenvalue weighted by atomic mass is 10.4. The fraction of sp³-hybridized carbons (Fsp3) is 0.429. The van der Waals surface area contributed by atoms with Gasteiger partial charge in [-0.2, -0.15) is 0 Å². The first-order chi connectivity index (χ1) is 9.72. The van der Waals surface area contributed by atoms with Crippen molar-refractivity contribution < 1.29 is 4.74 Å². The van der Waals surface area contributed by atoms with E-state index in [1.54, 1.807) is 11.3 Å². The number of nitrogens with zero attached hydrogens (tertiary/aromatic N) is 3. The van der Waals surface area contributed by atoms with Crippen molar-refractivity contribution in [1.82, 2.24) is 9.97 Å². The molecule has 5 nitrogen and oxygen atoms in total. The van der Waals surface area contributed by atoms with Gasteiger partial charge in [0.25, 0.3) is 0 Å². The standard InChI is InChI=1S/C14H20N4OS/c1-4-19-10-13-16-12(15-2)8-14(17-13)18(3)9-11-6-5-7-20-11/h5-8H,4,9-10H2,1-3H3,(H,15,16,17). The first kappa shape index (κ1) is 14.7. The highest BCUT2D eigenvalue weighted by Gasteiger charge is 2.09. The summed E-state index contributed by atoms with van der Waals surface area (Å²) in [5.74, 6) is 2.40. The number of rotatable bonds is 7. The summed E-state index contributed by atoms with van der Waals surface area (Å²) < 4.78 is 5.39. The van der Waals surface area contributed by atoms with Gasteiger partial charge in [0.1, 0.15) is 18.2 Å². The predicted molar refractivity (Wildman–Crippen MR) is 83.3 cm³/mol. The molecule has 0 aliphatic carbocycles. The van der Waals surface area contributed by atoms with Crippen LogP contribution in [-0.2, 0) is 17.9 Å². The van der Waals surface area contributed by atoms with Crippen molar-refractivity contribution in [3.05, 3.63) is 34.3 Å². The number of ether oxygens (including phenoxy) is 1. The highest BCUT2D eigenvalue weighted by atomic mass is 32.1. The van der Waals surface area contributed by atoms with Crippen LogP contribution in [0.5, 0.6) is 0 Å². The van der Waals surface area contributed by atoms with Gasteiger partial charge in [0.2, 0.25) is 0 Å². The number of nitrogens with one attached hydrogen (secondary N) is 1. The third-order valence-corrected chi connectivity index (χ3v) is 3.68. The molecule has 108 valence electrons. The molecule has 0 atom stereocenters. The van der Waals surface area contributed by atoms with Gasteiger partial charge in [-0.3, -0.25) is 0 Å². The summed E-state index contributed by atoms with van der Waals surface area (Å²) in [5, 5.41) is 5.15. The van der Waals surface area contributed by atoms with Crippen molar-refractivity contribution in [3.8, 4) is 0 Å². The molecule has 2 rings (SSSR count). The van der Waals surface area contributed by atoms with E-state index in [-0.39, 0.29) is 0 Å². The van der Waals surface area contributed by atoms with E-state index in [2.05, 4.69) is 37.7 Å². The maximum Gasteiger partial charge on any atom is 0.158 e. The van der Waals surface area contributed by atoms with Crippen LogP contribution in [0.2, 0.25) is 0 Å². The lowest BCUT2D eigenvalue weighted by Crippen LogP contribution is -2.18. The van der Waals surface area contributed by atoms with Gasteiger partial charge in [0, 0.05) is 31.6 Å². The molecule has 0 fully saturated rings. The highest BCUT2D eigenvalue weighted by molar-refractivity contribution is 7.09. The van der Waals surface area contributed by atoms with E-state index in [1.165, 1.54) is 4.88 Å². The lowest BCUT2D eigenvalue weighted by Gasteiger charge is -2.18. The molecule has 0 spiro atoms. The van der Waals surface area contributed by atoms with Crippen LogP contribution in [-0.4, -0.2) is 30.7 Å². The number of hydrogen-bond acceptors (Lipinski definition) is 6. The molecule has 0 aliphatic heterocycles. The Morgan fingerprint density at radius 2 is 2.25 bits per heavy atom. The Morgan fingerprint density at radius 3 is 2.90 bits per heavy atom. The summed E-state index contributed by atoms with van der Waals surface area (Å²) in [4.78, 5) is 12.4. The molecule has 1 N–H and O–H groups in total. The van der Waals surface area contributed by atoms with E-state index in [0.29, 0.717) is 19.0 Å². The molecule has 2 heterocycles. The van der Waals surface area contributed by atoms with E-state index < -0.39 is 0 Å². The minimum absolute atomic E-state index is 0.436. The molecule has 20 heavy (non-hydrogen) atoms. The van der Waals surface area contributed by atoms with E-state index in [0.717, 1.165) is 18.2 Å². The first-order valence-corrected chi connectivity index (χ1v) is 7.48. The van der Waals surface area contributed by atoms with E-state index in [4.69, 9.17) is 4.74 Å². The minimum Gasteiger partial charge on any atom is -0.374 e. The Bertz CT molecular complexity index is 530. The Kier molecular flexibility index (Phi) is 5.31. The molecule has 0 saturated carbocycles. The summed E-state index contributed by atoms with van der Waals surface area (Å²) in [6.45, 7) is 3.90. The van der Waals surface area contributed by atoms with E-state index in [1.807, 2.05) is 27.1 Å². The average molecular weight is 292 g/mol. The zero-order valence-electron chi connectivity index (χ0n) is 12.1. The van der Waals surface area contributed by atoms with Gasteiger partial charge in [-0.15, -0.1) is 11.3 Å². The minimum atomic E-state index is 0.436. The molecule has 6 heteroatoms. The molecule has 0 amide bonds. The molecule has 0 radical (unpaired) electrons. The fourth-order valence-corrected chi connectivity index (χ4v) is 2.54. The quantitative estimate of drug-likeness (QED) is 0.850. The maximum absolute atomic E-state index is 5.39. The van der Waals surface area contributed by atoms with Crippen molar-refractivity contribution in [3.63, 3.8) is 0 Å². The Balaban J connectivity index is 2.16. The summed E-state index contributed by atoms with van der Waals surface area (Å²) in [6, 6.07) is 6.14. The average Bonchev–Trinajstić information content (AvgIpc) is 2.97. The van der Waals surface area contributed by atoms with Crippen molar-refractivity contribution in [1.29, 1.82) is 0 Å². The Morgan fingerprint density at radius 1 is 1.40 bits per heavy atom. The van der Waals surface area contributed by atoms with Crippen molar-refractivity contribution in [2.45, 2.75) is 20.1 Å². The molecule has 0 aromatic carbocycles. The second-order valence-corrected chi connectivity index (χ2v) is 5.38. The second-order valence-electron chi connectivity index (χ2n) is 4.35. The van der Waals surface area contributed by atoms with Crippen LogP contribution in [0.25, 0.3) is 0 Å². The van der Waals surface area contributed by atoms with Crippen LogP contribution in [0.1, 0.15) is 17.6 Å². The fourth-order valence-electron chi connectivity index (χ4n) is 1.78. The molecule has 0 unspecified atom stereocenters. The van der Waals surface area contributed by atoms with Crippen LogP contribution in [0, 0.1) is 0 Å². The zero-order chi connectivity index (χ0) is 14.4. The molecule has 0 saturated heterocycles. The molecule has 2 aromatic heterocycles. The largest absolute Gasteiger partial charge is 0.374 e. The van der Waals surface area contributed by atoms with Gasteiger partial charge in [-0.25, -0.2) is 9.97 Å². The summed E-state index contributed by atoms with van der Waals surface area (Å²) in [5.41, 5.74) is 0. The molecule has 0 aliphatic rings. The summed E-state index contributed by atoms with van der Waals surface area (Å²) in [6.07, 6.45) is 0. The van der Waals surface area contributed by atoms with Crippen LogP contribution >= 0.6 is 11.3 Å². The molecular weight excluding hydrogens is 272 g/mol. The number of anilines is 2. The first-order valence-electron chi connectivity index (χ1n) is 6.60. The van der Waals surface area contributed by atoms with Crippen LogP contribution in [0.3, 0.4) is 0 Å². The summed E-state index contributed by atoms with van der Waals surface area (Å²) >= 11 is 1.75. The zero-order valence-corrected chi connectivity index (χ0v) is 12.9. The second kappa shape index (κ2) is 7.21. The number of hydrogen-bond donors (Lipinski definition) is 1. The third-order valence-electron chi connectivity index (χ3n) is 2.81. The van der Waals surface area contributed by atoms with E-state index >= 15 is 0 Å². The smallest absolute Gasteiger partial charge is 0.158 e. The normalized spacial score (nSPS) is 10.6. The van der Waals surface area contributed by atoms with Crippen LogP contribution in [0.4, 0.5) is 11.6 Å². The van der Waals surface area contributed by atoms with Crippen LogP contribution in [0.15, 0.2) is 23.6 Å². The van der Waals surface area contributed by atoms with Crippen molar-refractivity contribution >= 4 is 23.0 Å². The summed E-state index contributed by atoms with van der Waals surface area (Å²) in [7, 11) is 3.89. The van der Waals surface area contributed by atoms with E-state index in [9.17, 15) is 0 Å². The van der Waals surface area contributed by atoms with Crippen molar-refractivity contribution in [2.24, 2.45) is 0 Å². The SMILES string of the molecule is CCOCc1nc(NC)cc(N(C)Cc2cccs2)n1. The highest BCUT2D eigenvalue weighted by Crippen LogP contribution is 2.19. The van der Waals surface area contributed by atoms with Gasteiger partial charge in [-0.05, 0) is 18.4 Å². The van der Waals surface area contributed by atoms with Gasteiger partial charge in [0.05, 0.1) is 6.54 Å². The number of thiophene rings is 1. The number of aromatic nitrogens is 2. The monoisotopic (exact) mass is 292 g/mol. The van der Waals surface area contributed by atoms with Gasteiger partial charge >= 0.3 is 0 Å². The predicted octanol–water partition coefficient (Wildman–Crippen LogP) is 2.75. The molecular formula is C14H20N4OS. The molecule has 0 bridgehead atoms. The molecule has 2 aromatic rings. The topological polar surface area (TPSA) is 50.3 Å².